The van der Waals surface area contributed by atoms with Gasteiger partial charge in [-0.3, -0.25) is 0 Å². The highest BCUT2D eigenvalue weighted by Gasteiger charge is 2.23. The second-order valence-electron chi connectivity index (χ2n) is 7.37. The third-order valence-corrected chi connectivity index (χ3v) is 5.86. The number of alkyl halides is 1. The van der Waals surface area contributed by atoms with E-state index in [9.17, 15) is 4.39 Å². The summed E-state index contributed by atoms with van der Waals surface area (Å²) in [6.45, 7) is 6.14. The van der Waals surface area contributed by atoms with E-state index in [0.29, 0.717) is 5.82 Å². The van der Waals surface area contributed by atoms with Crippen molar-refractivity contribution in [1.82, 2.24) is 25.2 Å². The molecule has 3 heterocycles. The zero-order chi connectivity index (χ0) is 21.8. The normalized spacial score (nSPS) is 14.2. The van der Waals surface area contributed by atoms with Gasteiger partial charge in [-0.25, -0.2) is 19.3 Å². The number of thiocarbonyl (C=S) groups is 1. The first-order valence-corrected chi connectivity index (χ1v) is 11.3. The lowest BCUT2D eigenvalue weighted by Gasteiger charge is -2.37. The maximum Gasteiger partial charge on any atom is 0.169 e. The van der Waals surface area contributed by atoms with E-state index in [1.807, 2.05) is 12.1 Å². The molecule has 4 rings (SSSR count). The molecule has 6 nitrogen and oxygen atoms in total. The van der Waals surface area contributed by atoms with Gasteiger partial charge in [0.15, 0.2) is 10.9 Å². The fourth-order valence-electron chi connectivity index (χ4n) is 3.57. The number of nitrogens with one attached hydrogen (secondary N) is 1. The van der Waals surface area contributed by atoms with Gasteiger partial charge in [-0.2, -0.15) is 0 Å². The maximum absolute atomic E-state index is 13.3. The zero-order valence-electron chi connectivity index (χ0n) is 17.3. The van der Waals surface area contributed by atoms with E-state index in [0.717, 1.165) is 72.4 Å². The maximum atomic E-state index is 13.3. The molecule has 0 unspecified atom stereocenters. The molecule has 9 heteroatoms. The Bertz CT molecular complexity index is 1070. The first-order chi connectivity index (χ1) is 15.1. The van der Waals surface area contributed by atoms with E-state index in [2.05, 4.69) is 27.0 Å². The molecule has 1 aromatic carbocycles. The van der Waals surface area contributed by atoms with Crippen LogP contribution < -0.4 is 10.2 Å². The molecule has 0 spiro atoms. The number of benzene rings is 1. The van der Waals surface area contributed by atoms with Crippen LogP contribution in [0.5, 0.6) is 0 Å². The predicted octanol–water partition coefficient (Wildman–Crippen LogP) is 3.98. The highest BCUT2D eigenvalue weighted by molar-refractivity contribution is 7.80. The Morgan fingerprint density at radius 2 is 1.81 bits per heavy atom. The number of hydrogen-bond donors (Lipinski definition) is 1. The topological polar surface area (TPSA) is 57.2 Å². The lowest BCUT2D eigenvalue weighted by molar-refractivity contribution is 0.379. The van der Waals surface area contributed by atoms with Crippen molar-refractivity contribution in [1.29, 1.82) is 0 Å². The van der Waals surface area contributed by atoms with Gasteiger partial charge in [0.25, 0.3) is 0 Å². The minimum Gasteiger partial charge on any atom is -0.363 e. The Morgan fingerprint density at radius 1 is 1.06 bits per heavy atom. The molecule has 2 aromatic heterocycles. The molecule has 0 bridgehead atoms. The number of hydrogen-bond acceptors (Lipinski definition) is 5. The highest BCUT2D eigenvalue weighted by atomic mass is 35.5. The van der Waals surface area contributed by atoms with E-state index in [-0.39, 0.29) is 11.7 Å². The average Bonchev–Trinajstić information content (AvgIpc) is 2.82. The number of rotatable bonds is 5. The number of halogens is 2. The molecule has 162 valence electrons. The molecule has 0 amide bonds. The summed E-state index contributed by atoms with van der Waals surface area (Å²) >= 11 is 11.6. The summed E-state index contributed by atoms with van der Waals surface area (Å²) in [5.41, 5.74) is 3.05. The number of nitrogens with zero attached hydrogens (tertiary/aromatic N) is 5. The largest absolute Gasteiger partial charge is 0.363 e. The van der Waals surface area contributed by atoms with Crippen molar-refractivity contribution in [2.75, 3.05) is 37.6 Å². The molecule has 0 radical (unpaired) electrons. The van der Waals surface area contributed by atoms with E-state index in [1.165, 1.54) is 12.1 Å². The van der Waals surface area contributed by atoms with Gasteiger partial charge in [0.2, 0.25) is 0 Å². The van der Waals surface area contributed by atoms with Crippen LogP contribution in [0.15, 0.2) is 36.4 Å². The number of piperazine rings is 1. The highest BCUT2D eigenvalue weighted by Crippen LogP contribution is 2.27. The van der Waals surface area contributed by atoms with Crippen LogP contribution in [0, 0.1) is 5.82 Å². The zero-order valence-corrected chi connectivity index (χ0v) is 18.9. The minimum atomic E-state index is -0.274. The van der Waals surface area contributed by atoms with Gasteiger partial charge in [-0.05, 0) is 55.0 Å². The van der Waals surface area contributed by atoms with Gasteiger partial charge in [-0.1, -0.05) is 6.92 Å². The molecule has 0 aliphatic carbocycles. The summed E-state index contributed by atoms with van der Waals surface area (Å²) < 4.78 is 13.3. The fourth-order valence-corrected chi connectivity index (χ4v) is 3.98. The molecular weight excluding hydrogens is 435 g/mol. The summed E-state index contributed by atoms with van der Waals surface area (Å²) in [7, 11) is 0. The Labute approximate surface area is 191 Å². The summed E-state index contributed by atoms with van der Waals surface area (Å²) in [6.07, 6.45) is 1.04. The van der Waals surface area contributed by atoms with Crippen molar-refractivity contribution in [3.05, 3.63) is 48.0 Å². The number of aromatic nitrogens is 3. The van der Waals surface area contributed by atoms with Crippen LogP contribution in [0.4, 0.5) is 10.2 Å². The average molecular weight is 459 g/mol. The van der Waals surface area contributed by atoms with Crippen LogP contribution in [0.1, 0.15) is 19.2 Å². The lowest BCUT2D eigenvalue weighted by atomic mass is 10.1. The van der Waals surface area contributed by atoms with Crippen LogP contribution in [0.2, 0.25) is 0 Å². The Balaban J connectivity index is 1.64. The van der Waals surface area contributed by atoms with Crippen molar-refractivity contribution in [2.45, 2.75) is 19.2 Å². The third kappa shape index (κ3) is 4.85. The smallest absolute Gasteiger partial charge is 0.169 e. The second kappa shape index (κ2) is 9.70. The molecule has 1 aliphatic rings. The quantitative estimate of drug-likeness (QED) is 0.458. The molecule has 3 aromatic rings. The lowest BCUT2D eigenvalue weighted by Crippen LogP contribution is -2.52. The van der Waals surface area contributed by atoms with Crippen LogP contribution in [0.3, 0.4) is 0 Å². The van der Waals surface area contributed by atoms with E-state index in [1.54, 1.807) is 12.1 Å². The Hall–Kier alpha value is -2.58. The van der Waals surface area contributed by atoms with Crippen LogP contribution in [-0.4, -0.2) is 57.7 Å². The molecule has 0 saturated carbocycles. The predicted molar refractivity (Wildman–Crippen MR) is 127 cm³/mol. The molecule has 31 heavy (non-hydrogen) atoms. The van der Waals surface area contributed by atoms with E-state index >= 15 is 0 Å². The van der Waals surface area contributed by atoms with Gasteiger partial charge in [0.05, 0.1) is 17.1 Å². The molecule has 1 N–H and O–H groups in total. The van der Waals surface area contributed by atoms with Gasteiger partial charge in [-0.15, -0.1) is 11.6 Å². The van der Waals surface area contributed by atoms with Gasteiger partial charge in [0.1, 0.15) is 17.2 Å². The molecule has 1 saturated heterocycles. The van der Waals surface area contributed by atoms with Crippen LogP contribution >= 0.6 is 23.8 Å². The summed E-state index contributed by atoms with van der Waals surface area (Å²) in [4.78, 5) is 18.5. The Kier molecular flexibility index (Phi) is 6.77. The SMILES string of the molecule is CCCNC(=S)N1CCN(c2nc(CCl)nc3ccc(-c4ccc(F)cc4)nc23)CC1. The first kappa shape index (κ1) is 21.6. The first-order valence-electron chi connectivity index (χ1n) is 10.4. The van der Waals surface area contributed by atoms with Crippen molar-refractivity contribution in [2.24, 2.45) is 0 Å². The third-order valence-electron chi connectivity index (χ3n) is 5.22. The fraction of sp³-hybridized carbons (Fsp3) is 0.364. The van der Waals surface area contributed by atoms with Gasteiger partial charge in [0, 0.05) is 38.3 Å². The second-order valence-corrected chi connectivity index (χ2v) is 8.03. The summed E-state index contributed by atoms with van der Waals surface area (Å²) in [5, 5.41) is 4.09. The van der Waals surface area contributed by atoms with Gasteiger partial charge >= 0.3 is 0 Å². The number of pyridine rings is 1. The van der Waals surface area contributed by atoms with Crippen molar-refractivity contribution in [3.8, 4) is 11.3 Å². The monoisotopic (exact) mass is 458 g/mol. The molecule has 1 fully saturated rings. The number of fused-ring (bicyclic) bond motifs is 1. The summed E-state index contributed by atoms with van der Waals surface area (Å²) in [5.74, 6) is 1.30. The van der Waals surface area contributed by atoms with Gasteiger partial charge < -0.3 is 15.1 Å². The van der Waals surface area contributed by atoms with Crippen molar-refractivity contribution < 1.29 is 4.39 Å². The molecular formula is C22H24ClFN6S. The molecule has 1 aliphatic heterocycles. The van der Waals surface area contributed by atoms with Crippen LogP contribution in [-0.2, 0) is 5.88 Å². The number of anilines is 1. The summed E-state index contributed by atoms with van der Waals surface area (Å²) in [6, 6.07) is 10.1. The standard InChI is InChI=1S/C22H24ClFN6S/c1-2-9-25-22(31)30-12-10-29(11-13-30)21-20-18(26-19(14-23)28-21)8-7-17(27-20)15-3-5-16(24)6-4-15/h3-8H,2,9-14H2,1H3,(H,25,31). The Morgan fingerprint density at radius 3 is 2.48 bits per heavy atom. The van der Waals surface area contributed by atoms with E-state index in [4.69, 9.17) is 33.8 Å². The van der Waals surface area contributed by atoms with E-state index < -0.39 is 0 Å². The van der Waals surface area contributed by atoms with Crippen LogP contribution in [0.25, 0.3) is 22.3 Å². The minimum absolute atomic E-state index is 0.230. The van der Waals surface area contributed by atoms with Crippen molar-refractivity contribution in [3.63, 3.8) is 0 Å². The van der Waals surface area contributed by atoms with Crippen molar-refractivity contribution >= 4 is 45.8 Å². The molecule has 0 atom stereocenters.